The maximum atomic E-state index is 11.6. The molecule has 3 aromatic heterocycles. The van der Waals surface area contributed by atoms with E-state index in [4.69, 9.17) is 4.74 Å². The van der Waals surface area contributed by atoms with Crippen LogP contribution in [0.1, 0.15) is 0 Å². The first-order valence-electron chi connectivity index (χ1n) is 5.50. The Labute approximate surface area is 116 Å². The van der Waals surface area contributed by atoms with Gasteiger partial charge in [0, 0.05) is 17.8 Å². The molecule has 7 heteroatoms. The Balaban J connectivity index is 2.18. The second-order valence-electron chi connectivity index (χ2n) is 3.88. The summed E-state index contributed by atoms with van der Waals surface area (Å²) in [7, 11) is 0.489. The van der Waals surface area contributed by atoms with Gasteiger partial charge in [-0.05, 0) is 12.1 Å². The van der Waals surface area contributed by atoms with Crippen molar-refractivity contribution in [2.45, 2.75) is 4.90 Å². The van der Waals surface area contributed by atoms with E-state index in [1.165, 1.54) is 11.3 Å². The monoisotopic (exact) mass is 293 g/mol. The molecule has 0 saturated heterocycles. The molecule has 19 heavy (non-hydrogen) atoms. The number of rotatable bonds is 3. The van der Waals surface area contributed by atoms with Crippen molar-refractivity contribution in [2.75, 3.05) is 13.4 Å². The number of nitrogens with zero attached hydrogens (tertiary/aromatic N) is 2. The molecule has 0 fully saturated rings. The lowest BCUT2D eigenvalue weighted by molar-refractivity contribution is 0.408. The van der Waals surface area contributed by atoms with E-state index in [-0.39, 0.29) is 0 Å². The number of H-pyrrole nitrogens is 1. The van der Waals surface area contributed by atoms with Crippen LogP contribution in [0.3, 0.4) is 0 Å². The summed E-state index contributed by atoms with van der Waals surface area (Å²) in [5, 5.41) is 1.84. The molecule has 1 atom stereocenters. The second kappa shape index (κ2) is 4.75. The number of aromatic nitrogens is 3. The fourth-order valence-electron chi connectivity index (χ4n) is 1.84. The van der Waals surface area contributed by atoms with Gasteiger partial charge in [0.1, 0.15) is 4.88 Å². The molecule has 0 spiro atoms. The number of hydrogen-bond acceptors (Lipinski definition) is 5. The number of ether oxygens (including phenoxy) is 1. The predicted molar refractivity (Wildman–Crippen MR) is 76.1 cm³/mol. The van der Waals surface area contributed by atoms with Gasteiger partial charge in [-0.3, -0.25) is 4.21 Å². The Bertz CT molecular complexity index is 730. The molecule has 0 aliphatic rings. The van der Waals surface area contributed by atoms with Gasteiger partial charge in [-0.1, -0.05) is 0 Å². The van der Waals surface area contributed by atoms with Crippen molar-refractivity contribution in [2.24, 2.45) is 0 Å². The van der Waals surface area contributed by atoms with E-state index in [0.717, 1.165) is 10.4 Å². The third-order valence-electron chi connectivity index (χ3n) is 2.70. The maximum absolute atomic E-state index is 11.6. The van der Waals surface area contributed by atoms with E-state index in [1.54, 1.807) is 19.6 Å². The first kappa shape index (κ1) is 12.3. The Morgan fingerprint density at radius 2 is 2.32 bits per heavy atom. The van der Waals surface area contributed by atoms with Gasteiger partial charge < -0.3 is 9.72 Å². The van der Waals surface area contributed by atoms with E-state index >= 15 is 0 Å². The zero-order valence-electron chi connectivity index (χ0n) is 10.3. The van der Waals surface area contributed by atoms with Crippen molar-refractivity contribution in [3.05, 3.63) is 23.7 Å². The lowest BCUT2D eigenvalue weighted by Crippen LogP contribution is -1.91. The summed E-state index contributed by atoms with van der Waals surface area (Å²) in [6, 6.07) is 3.76. The molecular formula is C12H11N3O2S2. The fraction of sp³-hybridized carbons (Fsp3) is 0.167. The van der Waals surface area contributed by atoms with Crippen LogP contribution in [0.5, 0.6) is 5.75 Å². The Kier molecular flexibility index (Phi) is 3.08. The molecule has 0 amide bonds. The highest BCUT2D eigenvalue weighted by atomic mass is 32.2. The molecule has 3 aromatic rings. The van der Waals surface area contributed by atoms with Crippen molar-refractivity contribution in [1.82, 2.24) is 15.0 Å². The van der Waals surface area contributed by atoms with Crippen LogP contribution in [0, 0.1) is 0 Å². The van der Waals surface area contributed by atoms with Crippen LogP contribution in [0.4, 0.5) is 0 Å². The van der Waals surface area contributed by atoms with Crippen molar-refractivity contribution < 1.29 is 8.95 Å². The van der Waals surface area contributed by atoms with Gasteiger partial charge in [-0.25, -0.2) is 9.97 Å². The molecule has 3 rings (SSSR count). The zero-order chi connectivity index (χ0) is 13.4. The van der Waals surface area contributed by atoms with Crippen molar-refractivity contribution >= 4 is 33.3 Å². The number of thiophene rings is 1. The van der Waals surface area contributed by atoms with E-state index in [0.29, 0.717) is 22.1 Å². The number of methoxy groups -OCH3 is 1. The standard InChI is InChI=1S/C12H11N3O2S2/c1-17-9-8(19(2)16)6-18-10(9)12-14-7-4-3-5-13-11(7)15-12/h3-6H,1-2H3,(H,13,14,15). The molecule has 0 aliphatic heterocycles. The third-order valence-corrected chi connectivity index (χ3v) is 4.74. The normalized spacial score (nSPS) is 12.7. The van der Waals surface area contributed by atoms with Crippen molar-refractivity contribution in [3.8, 4) is 16.5 Å². The van der Waals surface area contributed by atoms with Gasteiger partial charge in [-0.2, -0.15) is 0 Å². The third kappa shape index (κ3) is 2.04. The van der Waals surface area contributed by atoms with Crippen LogP contribution in [-0.2, 0) is 10.8 Å². The summed E-state index contributed by atoms with van der Waals surface area (Å²) >= 11 is 1.46. The first-order valence-corrected chi connectivity index (χ1v) is 7.94. The van der Waals surface area contributed by atoms with Crippen molar-refractivity contribution in [3.63, 3.8) is 0 Å². The summed E-state index contributed by atoms with van der Waals surface area (Å²) in [6.07, 6.45) is 3.33. The van der Waals surface area contributed by atoms with Crippen LogP contribution in [0.25, 0.3) is 21.9 Å². The summed E-state index contributed by atoms with van der Waals surface area (Å²) in [6.45, 7) is 0. The molecule has 3 heterocycles. The second-order valence-corrected chi connectivity index (χ2v) is 6.10. The molecule has 0 bridgehead atoms. The zero-order valence-corrected chi connectivity index (χ0v) is 12.0. The average molecular weight is 293 g/mol. The highest BCUT2D eigenvalue weighted by Gasteiger charge is 2.19. The Hall–Kier alpha value is -1.73. The number of fused-ring (bicyclic) bond motifs is 1. The number of pyridine rings is 1. The van der Waals surface area contributed by atoms with Gasteiger partial charge in [0.25, 0.3) is 0 Å². The van der Waals surface area contributed by atoms with Gasteiger partial charge in [0.2, 0.25) is 0 Å². The largest absolute Gasteiger partial charge is 0.494 e. The van der Waals surface area contributed by atoms with Gasteiger partial charge in [0.05, 0.1) is 28.3 Å². The fourth-order valence-corrected chi connectivity index (χ4v) is 3.88. The molecule has 1 N–H and O–H groups in total. The summed E-state index contributed by atoms with van der Waals surface area (Å²) in [5.74, 6) is 1.30. The first-order chi connectivity index (χ1) is 9.20. The predicted octanol–water partition coefficient (Wildman–Crippen LogP) is 2.43. The molecule has 1 unspecified atom stereocenters. The highest BCUT2D eigenvalue weighted by Crippen LogP contribution is 2.39. The minimum atomic E-state index is -1.08. The average Bonchev–Trinajstić information content (AvgIpc) is 3.01. The Morgan fingerprint density at radius 1 is 1.47 bits per heavy atom. The SMILES string of the molecule is COc1c(S(C)=O)csc1-c1nc2ncccc2[nH]1. The number of aromatic amines is 1. The quantitative estimate of drug-likeness (QED) is 0.805. The number of imidazole rings is 1. The molecular weight excluding hydrogens is 282 g/mol. The van der Waals surface area contributed by atoms with Crippen LogP contribution in [-0.4, -0.2) is 32.5 Å². The number of nitrogens with one attached hydrogen (secondary N) is 1. The molecule has 0 aliphatic carbocycles. The molecule has 0 radical (unpaired) electrons. The van der Waals surface area contributed by atoms with Crippen molar-refractivity contribution in [1.29, 1.82) is 0 Å². The van der Waals surface area contributed by atoms with Crippen LogP contribution >= 0.6 is 11.3 Å². The summed E-state index contributed by atoms with van der Waals surface area (Å²) < 4.78 is 17.0. The van der Waals surface area contributed by atoms with E-state index in [9.17, 15) is 4.21 Å². The minimum absolute atomic E-state index is 0.616. The molecule has 0 aromatic carbocycles. The van der Waals surface area contributed by atoms with Crippen LogP contribution < -0.4 is 4.74 Å². The molecule has 98 valence electrons. The maximum Gasteiger partial charge on any atom is 0.178 e. The van der Waals surface area contributed by atoms with E-state index < -0.39 is 10.8 Å². The van der Waals surface area contributed by atoms with E-state index in [1.807, 2.05) is 17.5 Å². The lowest BCUT2D eigenvalue weighted by Gasteiger charge is -2.01. The Morgan fingerprint density at radius 3 is 3.00 bits per heavy atom. The van der Waals surface area contributed by atoms with E-state index in [2.05, 4.69) is 15.0 Å². The summed E-state index contributed by atoms with van der Waals surface area (Å²) in [4.78, 5) is 13.3. The number of hydrogen-bond donors (Lipinski definition) is 1. The van der Waals surface area contributed by atoms with Gasteiger partial charge in [0.15, 0.2) is 17.2 Å². The molecule has 5 nitrogen and oxygen atoms in total. The highest BCUT2D eigenvalue weighted by molar-refractivity contribution is 7.84. The van der Waals surface area contributed by atoms with Gasteiger partial charge >= 0.3 is 0 Å². The van der Waals surface area contributed by atoms with Crippen LogP contribution in [0.2, 0.25) is 0 Å². The van der Waals surface area contributed by atoms with Gasteiger partial charge in [-0.15, -0.1) is 11.3 Å². The topological polar surface area (TPSA) is 67.9 Å². The molecule has 0 saturated carbocycles. The smallest absolute Gasteiger partial charge is 0.178 e. The lowest BCUT2D eigenvalue weighted by atomic mass is 10.4. The van der Waals surface area contributed by atoms with Crippen LogP contribution in [0.15, 0.2) is 28.6 Å². The minimum Gasteiger partial charge on any atom is -0.494 e. The summed E-state index contributed by atoms with van der Waals surface area (Å²) in [5.41, 5.74) is 1.53.